The summed E-state index contributed by atoms with van der Waals surface area (Å²) in [6, 6.07) is 48.1. The van der Waals surface area contributed by atoms with Crippen LogP contribution < -0.4 is 9.13 Å². The van der Waals surface area contributed by atoms with E-state index in [1.807, 2.05) is 0 Å². The van der Waals surface area contributed by atoms with E-state index >= 15 is 0 Å². The molecule has 0 fully saturated rings. The van der Waals surface area contributed by atoms with E-state index in [0.717, 1.165) is 38.8 Å². The molecule has 0 radical (unpaired) electrons. The fourth-order valence-electron chi connectivity index (χ4n) is 17.7. The van der Waals surface area contributed by atoms with Crippen molar-refractivity contribution in [2.45, 2.75) is 411 Å². The maximum absolute atomic E-state index is 4.32. The Morgan fingerprint density at radius 2 is 0.576 bits per heavy atom. The van der Waals surface area contributed by atoms with E-state index < -0.39 is 0 Å². The first-order valence-electron chi connectivity index (χ1n) is 43.3. The minimum atomic E-state index is -0.387. The van der Waals surface area contributed by atoms with Gasteiger partial charge in [0.1, 0.15) is 24.8 Å². The quantitative estimate of drug-likeness (QED) is 0.0282. The zero-order chi connectivity index (χ0) is 69.6. The van der Waals surface area contributed by atoms with Crippen molar-refractivity contribution in [3.8, 4) is 0 Å². The van der Waals surface area contributed by atoms with Crippen molar-refractivity contribution < 1.29 is 9.13 Å². The summed E-state index contributed by atoms with van der Waals surface area (Å²) in [5.74, 6) is 3.45. The van der Waals surface area contributed by atoms with Crippen LogP contribution in [-0.4, -0.2) is 9.97 Å². The smallest absolute Gasteiger partial charge is 0.247 e. The summed E-state index contributed by atoms with van der Waals surface area (Å²) in [5.41, 5.74) is 5.26. The first-order chi connectivity index (χ1) is 49.0. The van der Waals surface area contributed by atoms with Crippen LogP contribution in [0, 0.1) is 5.92 Å². The summed E-state index contributed by atoms with van der Waals surface area (Å²) >= 11 is 0. The molecule has 0 saturated carbocycles. The van der Waals surface area contributed by atoms with E-state index in [1.54, 1.807) is 0 Å². The number of imidazole rings is 2. The molecule has 2 N–H and O–H groups in total. The maximum Gasteiger partial charge on any atom is 0.258 e. The number of aromatic nitrogens is 4. The molecule has 4 aromatic carbocycles. The molecule has 552 valence electrons. The third-order valence-corrected chi connectivity index (χ3v) is 23.6. The number of nitrogens with one attached hydrogen (secondary N) is 2. The molecule has 0 spiro atoms. The highest BCUT2D eigenvalue weighted by Crippen LogP contribution is 2.59. The number of aromatic amines is 2. The van der Waals surface area contributed by atoms with Crippen molar-refractivity contribution in [3.63, 3.8) is 0 Å². The lowest BCUT2D eigenvalue weighted by molar-refractivity contribution is -0.707. The Hall–Kier alpha value is -4.70. The van der Waals surface area contributed by atoms with E-state index in [0.29, 0.717) is 0 Å². The van der Waals surface area contributed by atoms with Gasteiger partial charge < -0.3 is 0 Å². The fraction of sp³-hybridized carbons (Fsp3) is 0.684. The summed E-state index contributed by atoms with van der Waals surface area (Å²) in [6.07, 6.45) is 80.9. The molecular formula is C95H154N4+2. The molecule has 2 aromatic heterocycles. The van der Waals surface area contributed by atoms with Gasteiger partial charge in [0, 0.05) is 10.8 Å². The first-order valence-corrected chi connectivity index (χ1v) is 43.3. The van der Waals surface area contributed by atoms with Crippen LogP contribution in [0.2, 0.25) is 0 Å². The standard InChI is InChI=1S/C95H152N4/c1-6-10-14-18-22-26-28-30-32-34-36-37-39-41-43-47-63-75-89(94(5,87-71-59-53-60-72-87)83-85-67-55-51-56-68-85)91(93-97-78-82-99(93)80-66-50-46-25-21-17-13-9-4)95(88-73-61-54-62-74-88,84-86-69-57-52-58-70-86)90(92-96-77-81-98(92)79-65-49-45-24-20-16-12-8-3)76-64-48-44-42-40-38-35-33-31-29-27-23-19-15-11-7-2/h51-62,67-74,77-78,81-82,89-91H,6-50,63-66,75-76,79-80,83-84H2,1-5H3/p+2. The maximum atomic E-state index is 4.32. The van der Waals surface area contributed by atoms with Crippen LogP contribution in [0.1, 0.15) is 408 Å². The lowest BCUT2D eigenvalue weighted by Crippen LogP contribution is -2.55. The second-order valence-electron chi connectivity index (χ2n) is 31.7. The summed E-state index contributed by atoms with van der Waals surface area (Å²) in [7, 11) is 0. The average molecular weight is 1350 g/mol. The fourth-order valence-corrected chi connectivity index (χ4v) is 17.7. The van der Waals surface area contributed by atoms with Gasteiger partial charge in [-0.25, -0.2) is 19.1 Å². The van der Waals surface area contributed by atoms with Gasteiger partial charge in [0.25, 0.3) is 11.6 Å². The summed E-state index contributed by atoms with van der Waals surface area (Å²) < 4.78 is 5.54. The molecule has 5 atom stereocenters. The zero-order valence-corrected chi connectivity index (χ0v) is 65.4. The second kappa shape index (κ2) is 54.0. The Morgan fingerprint density at radius 1 is 0.293 bits per heavy atom. The van der Waals surface area contributed by atoms with Crippen molar-refractivity contribution in [3.05, 3.63) is 180 Å². The van der Waals surface area contributed by atoms with Gasteiger partial charge in [-0.15, -0.1) is 0 Å². The van der Waals surface area contributed by atoms with Crippen LogP contribution in [0.4, 0.5) is 0 Å². The third-order valence-electron chi connectivity index (χ3n) is 23.6. The van der Waals surface area contributed by atoms with Crippen LogP contribution in [0.25, 0.3) is 0 Å². The van der Waals surface area contributed by atoms with Crippen molar-refractivity contribution in [2.24, 2.45) is 5.92 Å². The molecule has 6 aromatic rings. The third kappa shape index (κ3) is 31.8. The van der Waals surface area contributed by atoms with E-state index in [1.165, 1.54) is 349 Å². The summed E-state index contributed by atoms with van der Waals surface area (Å²) in [6.45, 7) is 14.2. The number of unbranched alkanes of at least 4 members (excludes halogenated alkanes) is 45. The van der Waals surface area contributed by atoms with Crippen LogP contribution >= 0.6 is 0 Å². The number of benzene rings is 4. The van der Waals surface area contributed by atoms with E-state index in [2.05, 4.69) is 200 Å². The van der Waals surface area contributed by atoms with Crippen molar-refractivity contribution >= 4 is 0 Å². The zero-order valence-electron chi connectivity index (χ0n) is 65.4. The van der Waals surface area contributed by atoms with Crippen LogP contribution in [0.3, 0.4) is 0 Å². The molecule has 4 heteroatoms. The van der Waals surface area contributed by atoms with E-state index in [-0.39, 0.29) is 28.6 Å². The average Bonchev–Trinajstić information content (AvgIpc) is 1.71. The number of hydrogen-bond acceptors (Lipinski definition) is 0. The van der Waals surface area contributed by atoms with Gasteiger partial charge in [0.15, 0.2) is 0 Å². The predicted octanol–water partition coefficient (Wildman–Crippen LogP) is 28.8. The number of rotatable bonds is 65. The lowest BCUT2D eigenvalue weighted by Gasteiger charge is -2.52. The van der Waals surface area contributed by atoms with Gasteiger partial charge in [-0.05, 0) is 79.5 Å². The topological polar surface area (TPSA) is 39.3 Å². The molecule has 0 aliphatic heterocycles. The van der Waals surface area contributed by atoms with Gasteiger partial charge in [0.2, 0.25) is 0 Å². The SMILES string of the molecule is CCCCCCCCCCCCCCCCCCCC(C(c1[nH]cc[n+]1CCCCCCCCCC)C(Cc1ccccc1)(c1ccccc1)C(CCCCCCCCCCCCCCCCCC)c1[nH]cc[n+]1CCCCCCCCCC)C(C)(Cc1ccccc1)c1ccccc1. The van der Waals surface area contributed by atoms with Crippen molar-refractivity contribution in [1.82, 2.24) is 9.97 Å². The Bertz CT molecular complexity index is 2740. The Labute approximate surface area is 612 Å². The van der Waals surface area contributed by atoms with Crippen molar-refractivity contribution in [1.29, 1.82) is 0 Å². The molecule has 0 aliphatic rings. The van der Waals surface area contributed by atoms with Crippen LogP contribution in [-0.2, 0) is 36.8 Å². The van der Waals surface area contributed by atoms with Gasteiger partial charge >= 0.3 is 0 Å². The van der Waals surface area contributed by atoms with Gasteiger partial charge in [0.05, 0.1) is 24.9 Å². The minimum Gasteiger partial charge on any atom is -0.247 e. The van der Waals surface area contributed by atoms with Crippen LogP contribution in [0.5, 0.6) is 0 Å². The monoisotopic (exact) mass is 1350 g/mol. The highest BCUT2D eigenvalue weighted by atomic mass is 15.1. The minimum absolute atomic E-state index is 0.102. The second-order valence-corrected chi connectivity index (χ2v) is 31.7. The van der Waals surface area contributed by atoms with Crippen LogP contribution in [0.15, 0.2) is 146 Å². The lowest BCUT2D eigenvalue weighted by atomic mass is 9.49. The largest absolute Gasteiger partial charge is 0.258 e. The normalized spacial score (nSPS) is 13.9. The van der Waals surface area contributed by atoms with Gasteiger partial charge in [-0.1, -0.05) is 445 Å². The number of H-pyrrole nitrogens is 2. The van der Waals surface area contributed by atoms with E-state index in [9.17, 15) is 0 Å². The molecule has 0 bridgehead atoms. The van der Waals surface area contributed by atoms with E-state index in [4.69, 9.17) is 0 Å². The van der Waals surface area contributed by atoms with Gasteiger partial charge in [-0.3, -0.25) is 0 Å². The molecule has 6 rings (SSSR count). The Morgan fingerprint density at radius 3 is 0.939 bits per heavy atom. The molecular weight excluding hydrogens is 1200 g/mol. The number of hydrogen-bond donors (Lipinski definition) is 2. The van der Waals surface area contributed by atoms with Crippen molar-refractivity contribution in [2.75, 3.05) is 0 Å². The predicted molar refractivity (Wildman–Crippen MR) is 431 cm³/mol. The summed E-state index contributed by atoms with van der Waals surface area (Å²) in [5, 5.41) is 0. The molecule has 0 aliphatic carbocycles. The highest BCUT2D eigenvalue weighted by Gasteiger charge is 2.59. The molecule has 4 nitrogen and oxygen atoms in total. The first kappa shape index (κ1) is 83.2. The number of aryl methyl sites for hydroxylation is 2. The Kier molecular flexibility index (Phi) is 45.4. The molecule has 5 unspecified atom stereocenters. The summed E-state index contributed by atoms with van der Waals surface area (Å²) in [4.78, 5) is 8.55. The van der Waals surface area contributed by atoms with Gasteiger partial charge in [-0.2, -0.15) is 0 Å². The Balaban J connectivity index is 1.44. The highest BCUT2D eigenvalue weighted by molar-refractivity contribution is 5.41. The molecule has 99 heavy (non-hydrogen) atoms. The molecule has 2 heterocycles. The molecule has 0 amide bonds. The number of nitrogens with zero attached hydrogens (tertiary/aromatic N) is 2. The molecule has 0 saturated heterocycles.